The first-order valence-corrected chi connectivity index (χ1v) is 5.67. The Balaban J connectivity index is 2.11. The van der Waals surface area contributed by atoms with Crippen LogP contribution in [0.25, 0.3) is 0 Å². The molecule has 0 aromatic heterocycles. The molecule has 3 nitrogen and oxygen atoms in total. The first-order chi connectivity index (χ1) is 8.69. The van der Waals surface area contributed by atoms with Gasteiger partial charge in [0.25, 0.3) is 0 Å². The SMILES string of the molecule is Cc1ccc(COc2ccc(N)cc2C#N)cc1. The van der Waals surface area contributed by atoms with Gasteiger partial charge in [0.1, 0.15) is 18.4 Å². The fraction of sp³-hybridized carbons (Fsp3) is 0.133. The van der Waals surface area contributed by atoms with Crippen LogP contribution in [0.4, 0.5) is 5.69 Å². The number of hydrogen-bond acceptors (Lipinski definition) is 3. The number of nitrogens with two attached hydrogens (primary N) is 1. The average Bonchev–Trinajstić information content (AvgIpc) is 2.39. The minimum absolute atomic E-state index is 0.443. The third-order valence-corrected chi connectivity index (χ3v) is 2.64. The second kappa shape index (κ2) is 5.24. The predicted molar refractivity (Wildman–Crippen MR) is 71.1 cm³/mol. The zero-order valence-electron chi connectivity index (χ0n) is 10.2. The molecule has 0 unspecified atom stereocenters. The Morgan fingerprint density at radius 1 is 1.17 bits per heavy atom. The van der Waals surface area contributed by atoms with E-state index in [4.69, 9.17) is 15.7 Å². The molecule has 0 atom stereocenters. The lowest BCUT2D eigenvalue weighted by atomic mass is 10.1. The number of nitrogens with zero attached hydrogens (tertiary/aromatic N) is 1. The van der Waals surface area contributed by atoms with Gasteiger partial charge in [0.2, 0.25) is 0 Å². The van der Waals surface area contributed by atoms with Crippen molar-refractivity contribution >= 4 is 5.69 Å². The minimum atomic E-state index is 0.443. The fourth-order valence-corrected chi connectivity index (χ4v) is 1.61. The molecule has 90 valence electrons. The van der Waals surface area contributed by atoms with Gasteiger partial charge in [-0.1, -0.05) is 29.8 Å². The molecule has 3 heteroatoms. The molecule has 18 heavy (non-hydrogen) atoms. The van der Waals surface area contributed by atoms with Crippen LogP contribution < -0.4 is 10.5 Å². The number of aryl methyl sites for hydroxylation is 1. The van der Waals surface area contributed by atoms with Crippen molar-refractivity contribution in [3.63, 3.8) is 0 Å². The maximum Gasteiger partial charge on any atom is 0.137 e. The highest BCUT2D eigenvalue weighted by Crippen LogP contribution is 2.21. The van der Waals surface area contributed by atoms with E-state index in [1.165, 1.54) is 5.56 Å². The van der Waals surface area contributed by atoms with Gasteiger partial charge >= 0.3 is 0 Å². The molecule has 0 saturated heterocycles. The third kappa shape index (κ3) is 2.80. The third-order valence-electron chi connectivity index (χ3n) is 2.64. The summed E-state index contributed by atoms with van der Waals surface area (Å²) < 4.78 is 5.63. The van der Waals surface area contributed by atoms with Gasteiger partial charge in [-0.25, -0.2) is 0 Å². The molecule has 2 rings (SSSR count). The number of anilines is 1. The van der Waals surface area contributed by atoms with Crippen LogP contribution in [0.15, 0.2) is 42.5 Å². The molecule has 2 N–H and O–H groups in total. The van der Waals surface area contributed by atoms with Crippen LogP contribution in [-0.4, -0.2) is 0 Å². The molecule has 0 fully saturated rings. The van der Waals surface area contributed by atoms with Crippen molar-refractivity contribution in [2.24, 2.45) is 0 Å². The second-order valence-electron chi connectivity index (χ2n) is 4.14. The quantitative estimate of drug-likeness (QED) is 0.836. The Kier molecular flexibility index (Phi) is 3.49. The molecular formula is C15H14N2O. The molecule has 0 aliphatic carbocycles. The molecule has 0 aliphatic rings. The number of benzene rings is 2. The predicted octanol–water partition coefficient (Wildman–Crippen LogP) is 3.03. The lowest BCUT2D eigenvalue weighted by Crippen LogP contribution is -1.98. The van der Waals surface area contributed by atoms with Crippen molar-refractivity contribution in [3.8, 4) is 11.8 Å². The number of hydrogen-bond donors (Lipinski definition) is 1. The smallest absolute Gasteiger partial charge is 0.137 e. The van der Waals surface area contributed by atoms with E-state index in [1.54, 1.807) is 18.2 Å². The highest BCUT2D eigenvalue weighted by atomic mass is 16.5. The number of nitriles is 1. The van der Waals surface area contributed by atoms with Crippen LogP contribution in [-0.2, 0) is 6.61 Å². The Morgan fingerprint density at radius 3 is 2.56 bits per heavy atom. The van der Waals surface area contributed by atoms with Crippen LogP contribution in [0.3, 0.4) is 0 Å². The highest BCUT2D eigenvalue weighted by Gasteiger charge is 2.04. The zero-order valence-corrected chi connectivity index (χ0v) is 10.2. The minimum Gasteiger partial charge on any atom is -0.488 e. The Labute approximate surface area is 106 Å². The maximum absolute atomic E-state index is 8.99. The molecule has 2 aromatic rings. The van der Waals surface area contributed by atoms with Crippen molar-refractivity contribution in [1.82, 2.24) is 0 Å². The summed E-state index contributed by atoms with van der Waals surface area (Å²) in [5.41, 5.74) is 8.93. The number of nitrogen functional groups attached to an aromatic ring is 1. The first-order valence-electron chi connectivity index (χ1n) is 5.67. The zero-order chi connectivity index (χ0) is 13.0. The van der Waals surface area contributed by atoms with Crippen molar-refractivity contribution < 1.29 is 4.74 Å². The van der Waals surface area contributed by atoms with Crippen LogP contribution in [0, 0.1) is 18.3 Å². The van der Waals surface area contributed by atoms with Gasteiger partial charge in [-0.2, -0.15) is 5.26 Å². The summed E-state index contributed by atoms with van der Waals surface area (Å²) in [6, 6.07) is 15.2. The van der Waals surface area contributed by atoms with Gasteiger partial charge < -0.3 is 10.5 Å². The topological polar surface area (TPSA) is 59.0 Å². The fourth-order valence-electron chi connectivity index (χ4n) is 1.61. The van der Waals surface area contributed by atoms with Gasteiger partial charge in [-0.05, 0) is 30.7 Å². The van der Waals surface area contributed by atoms with Gasteiger partial charge in [-0.3, -0.25) is 0 Å². The van der Waals surface area contributed by atoms with Gasteiger partial charge in [0.05, 0.1) is 5.56 Å². The number of ether oxygens (including phenoxy) is 1. The van der Waals surface area contributed by atoms with Gasteiger partial charge in [-0.15, -0.1) is 0 Å². The van der Waals surface area contributed by atoms with Crippen molar-refractivity contribution in [2.75, 3.05) is 5.73 Å². The monoisotopic (exact) mass is 238 g/mol. The van der Waals surface area contributed by atoms with E-state index >= 15 is 0 Å². The summed E-state index contributed by atoms with van der Waals surface area (Å²) in [5.74, 6) is 0.562. The molecule has 0 saturated carbocycles. The Bertz CT molecular complexity index is 582. The largest absolute Gasteiger partial charge is 0.488 e. The number of rotatable bonds is 3. The lowest BCUT2D eigenvalue weighted by Gasteiger charge is -2.08. The van der Waals surface area contributed by atoms with Gasteiger partial charge in [0, 0.05) is 5.69 Å². The van der Waals surface area contributed by atoms with E-state index in [0.29, 0.717) is 23.6 Å². The molecule has 0 aliphatic heterocycles. The van der Waals surface area contributed by atoms with Crippen LogP contribution in [0.2, 0.25) is 0 Å². The normalized spacial score (nSPS) is 9.78. The summed E-state index contributed by atoms with van der Waals surface area (Å²) in [4.78, 5) is 0. The Hall–Kier alpha value is -2.47. The van der Waals surface area contributed by atoms with Crippen molar-refractivity contribution in [1.29, 1.82) is 5.26 Å². The summed E-state index contributed by atoms with van der Waals surface area (Å²) in [7, 11) is 0. The van der Waals surface area contributed by atoms with Crippen molar-refractivity contribution in [2.45, 2.75) is 13.5 Å². The van der Waals surface area contributed by atoms with E-state index < -0.39 is 0 Å². The second-order valence-corrected chi connectivity index (χ2v) is 4.14. The van der Waals surface area contributed by atoms with E-state index in [0.717, 1.165) is 5.56 Å². The molecule has 0 radical (unpaired) electrons. The van der Waals surface area contributed by atoms with E-state index in [1.807, 2.05) is 31.2 Å². The molecule has 0 heterocycles. The molecular weight excluding hydrogens is 224 g/mol. The Morgan fingerprint density at radius 2 is 1.89 bits per heavy atom. The van der Waals surface area contributed by atoms with E-state index in [2.05, 4.69) is 6.07 Å². The summed E-state index contributed by atoms with van der Waals surface area (Å²) in [6.45, 7) is 2.48. The lowest BCUT2D eigenvalue weighted by molar-refractivity contribution is 0.305. The summed E-state index contributed by atoms with van der Waals surface area (Å²) in [5, 5.41) is 8.99. The van der Waals surface area contributed by atoms with E-state index in [9.17, 15) is 0 Å². The van der Waals surface area contributed by atoms with Crippen molar-refractivity contribution in [3.05, 3.63) is 59.2 Å². The van der Waals surface area contributed by atoms with Gasteiger partial charge in [0.15, 0.2) is 0 Å². The van der Waals surface area contributed by atoms with Crippen LogP contribution in [0.1, 0.15) is 16.7 Å². The average molecular weight is 238 g/mol. The first kappa shape index (κ1) is 12.0. The molecule has 0 bridgehead atoms. The van der Waals surface area contributed by atoms with Crippen LogP contribution in [0.5, 0.6) is 5.75 Å². The summed E-state index contributed by atoms with van der Waals surface area (Å²) >= 11 is 0. The van der Waals surface area contributed by atoms with E-state index in [-0.39, 0.29) is 0 Å². The molecule has 2 aromatic carbocycles. The molecule has 0 spiro atoms. The molecule has 0 amide bonds. The van der Waals surface area contributed by atoms with Crippen LogP contribution >= 0.6 is 0 Å². The highest BCUT2D eigenvalue weighted by molar-refractivity contribution is 5.53. The standard InChI is InChI=1S/C15H14N2O/c1-11-2-4-12(5-3-11)10-18-15-7-6-14(17)8-13(15)9-16/h2-8H,10,17H2,1H3. The summed E-state index contributed by atoms with van der Waals surface area (Å²) in [6.07, 6.45) is 0. The maximum atomic E-state index is 8.99.